The zero-order chi connectivity index (χ0) is 8.08. The minimum atomic E-state index is -5.75. The summed E-state index contributed by atoms with van der Waals surface area (Å²) < 4.78 is 57.5. The Balaban J connectivity index is -0.0000000221. The van der Waals surface area contributed by atoms with Gasteiger partial charge in [0.05, 0.1) is 0 Å². The fourth-order valence-electron chi connectivity index (χ4n) is 0. The van der Waals surface area contributed by atoms with Crippen LogP contribution in [0.1, 0.15) is 0 Å². The van der Waals surface area contributed by atoms with Crippen LogP contribution in [0.15, 0.2) is 0 Å². The Morgan fingerprint density at radius 1 is 1.08 bits per heavy atom. The Morgan fingerprint density at radius 2 is 1.08 bits per heavy atom. The van der Waals surface area contributed by atoms with Crippen molar-refractivity contribution in [2.75, 3.05) is 0 Å². The monoisotopic (exact) mass is 402 g/mol. The summed E-state index contributed by atoms with van der Waals surface area (Å²) in [6, 6.07) is 0. The summed E-state index contributed by atoms with van der Waals surface area (Å²) in [5.41, 5.74) is 0. The van der Waals surface area contributed by atoms with Gasteiger partial charge in [0.2, 0.25) is 0 Å². The van der Waals surface area contributed by atoms with Gasteiger partial charge in [0, 0.05) is 0 Å². The van der Waals surface area contributed by atoms with Crippen LogP contribution in [0.25, 0.3) is 0 Å². The van der Waals surface area contributed by atoms with Gasteiger partial charge in [-0.2, -0.15) is 0 Å². The van der Waals surface area contributed by atoms with E-state index in [9.17, 15) is 0 Å². The van der Waals surface area contributed by atoms with Crippen molar-refractivity contribution < 1.29 is 87.4 Å². The van der Waals surface area contributed by atoms with Crippen molar-refractivity contribution in [1.82, 2.24) is 0 Å². The Bertz CT molecular complexity index is 159. The van der Waals surface area contributed by atoms with E-state index in [1.54, 1.807) is 0 Å². The van der Waals surface area contributed by atoms with Crippen LogP contribution in [0.2, 0.25) is 0 Å². The first-order valence-electron chi connectivity index (χ1n) is 1.20. The van der Waals surface area contributed by atoms with E-state index in [0.29, 0.717) is 0 Å². The van der Waals surface area contributed by atoms with Crippen LogP contribution in [0.3, 0.4) is 0 Å². The molecule has 0 amide bonds. The molecule has 0 aliphatic heterocycles. The topological polar surface area (TPSA) is 138 Å². The van der Waals surface area contributed by atoms with Gasteiger partial charge in [-0.25, -0.2) is 0 Å². The van der Waals surface area contributed by atoms with Crippen molar-refractivity contribution in [3.05, 3.63) is 0 Å². The first kappa shape index (κ1) is 29.3. The van der Waals surface area contributed by atoms with Gasteiger partial charge in [-0.05, 0) is 0 Å². The van der Waals surface area contributed by atoms with E-state index in [4.69, 9.17) is 28.3 Å². The summed E-state index contributed by atoms with van der Waals surface area (Å²) >= 11 is -9.04. The molecule has 0 aromatic heterocycles. The van der Waals surface area contributed by atoms with Crippen LogP contribution in [0.4, 0.5) is 0 Å². The Hall–Kier alpha value is 2.80. The van der Waals surface area contributed by atoms with Crippen molar-refractivity contribution in [2.45, 2.75) is 0 Å². The van der Waals surface area contributed by atoms with Crippen LogP contribution in [0, 0.1) is 0 Å². The molecule has 2 N–H and O–H groups in total. The summed E-state index contributed by atoms with van der Waals surface area (Å²) in [7, 11) is 0. The minimum absolute atomic E-state index is 0. The summed E-state index contributed by atoms with van der Waals surface area (Å²) in [6.45, 7) is 0. The molecule has 0 spiro atoms. The summed E-state index contributed by atoms with van der Waals surface area (Å²) in [4.78, 5) is 0. The van der Waals surface area contributed by atoms with Crippen molar-refractivity contribution in [2.24, 2.45) is 0 Å². The predicted octanol–water partition coefficient (Wildman–Crippen LogP) is -11.5. The van der Waals surface area contributed by atoms with Crippen LogP contribution in [-0.4, -0.2) is 53.3 Å². The maximum atomic E-state index is 8.76. The molecule has 0 saturated carbocycles. The van der Waals surface area contributed by atoms with Gasteiger partial charge in [-0.1, -0.05) is 0 Å². The predicted molar refractivity (Wildman–Crippen MR) is 26.5 cm³/mol. The SMILES string of the molecule is O=[Se](=O)([O-])[O-].O=[Se](O)O.[Na+].[Na+].[SeH2]. The molecule has 0 aromatic rings. The van der Waals surface area contributed by atoms with Crippen molar-refractivity contribution in [1.29, 1.82) is 0 Å². The van der Waals surface area contributed by atoms with Gasteiger partial charge in [-0.3, -0.25) is 0 Å². The Kier molecular flexibility index (Phi) is 39.7. The molecule has 0 atom stereocenters. The van der Waals surface area contributed by atoms with Crippen molar-refractivity contribution in [3.63, 3.8) is 0 Å². The molecule has 0 aliphatic rings. The fourth-order valence-corrected chi connectivity index (χ4v) is 0. The first-order chi connectivity index (χ1) is 3.73. The molecule has 0 saturated heterocycles. The third kappa shape index (κ3) is 227. The summed E-state index contributed by atoms with van der Waals surface area (Å²) in [5, 5.41) is 0. The molecule has 0 radical (unpaired) electrons. The van der Waals surface area contributed by atoms with Gasteiger partial charge in [0.1, 0.15) is 0 Å². The summed E-state index contributed by atoms with van der Waals surface area (Å²) in [6.07, 6.45) is 0. The molecule has 0 rings (SSSR count). The molecule has 66 valence electrons. The van der Waals surface area contributed by atoms with E-state index in [2.05, 4.69) is 0 Å². The van der Waals surface area contributed by atoms with Crippen molar-refractivity contribution >= 4 is 44.9 Å². The third-order valence-corrected chi connectivity index (χ3v) is 0. The first-order valence-corrected chi connectivity index (χ1v) is 6.23. The second-order valence-electron chi connectivity index (χ2n) is 0.639. The second kappa shape index (κ2) is 16.2. The quantitative estimate of drug-likeness (QED) is 0.386. The average Bonchev–Trinajstić information content (AvgIpc) is 1.19. The molecule has 0 aliphatic carbocycles. The van der Waals surface area contributed by atoms with E-state index in [1.165, 1.54) is 0 Å². The molecule has 12 heavy (non-hydrogen) atoms. The molecule has 0 fully saturated rings. The van der Waals surface area contributed by atoms with E-state index < -0.39 is 27.9 Å². The molecule has 12 heteroatoms. The molecule has 0 bridgehead atoms. The molecule has 0 unspecified atom stereocenters. The standard InChI is InChI=1S/2Na.H2O4Se.H2O3Se.H2Se/c;;1-5(2,3)4;1-4(2)3;/h;;(H2,1,2,3,4);(H2,1,2,3);1H2/q2*+1;;;/p-2. The molecule has 0 heterocycles. The van der Waals surface area contributed by atoms with Gasteiger partial charge < -0.3 is 0 Å². The average molecular weight is 399 g/mol. The van der Waals surface area contributed by atoms with Gasteiger partial charge in [-0.15, -0.1) is 0 Å². The van der Waals surface area contributed by atoms with Crippen LogP contribution in [-0.2, 0) is 11.5 Å². The Labute approximate surface area is 130 Å². The molecule has 7 nitrogen and oxygen atoms in total. The van der Waals surface area contributed by atoms with E-state index >= 15 is 0 Å². The third-order valence-electron chi connectivity index (χ3n) is 0. The van der Waals surface area contributed by atoms with E-state index in [-0.39, 0.29) is 76.2 Å². The Morgan fingerprint density at radius 3 is 1.08 bits per heavy atom. The van der Waals surface area contributed by atoms with Gasteiger partial charge in [0.15, 0.2) is 0 Å². The van der Waals surface area contributed by atoms with Crippen molar-refractivity contribution in [3.8, 4) is 0 Å². The number of hydrogen-bond acceptors (Lipinski definition) is 5. The normalized spacial score (nSPS) is 7.75. The van der Waals surface area contributed by atoms with Crippen LogP contribution >= 0.6 is 0 Å². The van der Waals surface area contributed by atoms with Crippen LogP contribution in [0.5, 0.6) is 0 Å². The fraction of sp³-hybridized carbons (Fsp3) is 0. The van der Waals surface area contributed by atoms with Gasteiger partial charge in [0.25, 0.3) is 0 Å². The van der Waals surface area contributed by atoms with Gasteiger partial charge >= 0.3 is 132 Å². The molecular formula is H4Na2O7Se3. The zero-order valence-corrected chi connectivity index (χ0v) is 15.8. The number of rotatable bonds is 0. The number of hydrogen-bond donors (Lipinski definition) is 2. The van der Waals surface area contributed by atoms with E-state index in [0.717, 1.165) is 0 Å². The zero-order valence-electron chi connectivity index (χ0n) is 6.25. The van der Waals surface area contributed by atoms with Crippen LogP contribution < -0.4 is 67.5 Å². The second-order valence-corrected chi connectivity index (χ2v) is 3.32. The molecule has 0 aromatic carbocycles. The molecular weight excluding hydrogens is 395 g/mol. The van der Waals surface area contributed by atoms with E-state index in [1.807, 2.05) is 0 Å². The summed E-state index contributed by atoms with van der Waals surface area (Å²) in [5.74, 6) is 0. The maximum absolute atomic E-state index is 8.76.